The molecule has 4 aliphatic rings. The third kappa shape index (κ3) is 7.91. The van der Waals surface area contributed by atoms with E-state index in [-0.39, 0.29) is 69.3 Å². The van der Waals surface area contributed by atoms with E-state index in [9.17, 15) is 0 Å². The number of methoxy groups -OCH3 is 1. The quantitative estimate of drug-likeness (QED) is 0.118. The van der Waals surface area contributed by atoms with E-state index in [0.717, 1.165) is 38.8 Å². The third-order valence-corrected chi connectivity index (χ3v) is 20.0. The number of fused-ring (bicyclic) bond motifs is 4. The molecule has 8 rings (SSSR count). The first-order valence-electron chi connectivity index (χ1n) is 21.2. The normalized spacial score (nSPS) is 21.6. The van der Waals surface area contributed by atoms with Gasteiger partial charge in [-0.05, 0) is 66.2 Å². The molecule has 4 fully saturated rings. The van der Waals surface area contributed by atoms with Crippen LogP contribution in [0.25, 0.3) is 32.8 Å². The number of piperazine rings is 1. The summed E-state index contributed by atoms with van der Waals surface area (Å²) in [6.07, 6.45) is 4.04. The average Bonchev–Trinajstić information content (AvgIpc) is 3.88. The highest BCUT2D eigenvalue weighted by atomic mass is 35.5. The Morgan fingerprint density at radius 2 is 1.64 bits per heavy atom. The van der Waals surface area contributed by atoms with Gasteiger partial charge in [0.2, 0.25) is 0 Å². The number of benzene rings is 3. The minimum Gasteiger partial charge on any atom is -0.493 e. The molecule has 1 aliphatic carbocycles. The summed E-state index contributed by atoms with van der Waals surface area (Å²) in [6.45, 7) is 20.1. The topological polar surface area (TPSA) is 72.0 Å². The Labute approximate surface area is 354 Å². The van der Waals surface area contributed by atoms with Gasteiger partial charge in [-0.15, -0.1) is 18.0 Å². The van der Waals surface area contributed by atoms with Gasteiger partial charge in [-0.2, -0.15) is 9.97 Å². The molecule has 3 aromatic carbocycles. The lowest BCUT2D eigenvalue weighted by Gasteiger charge is -2.38. The Bertz CT molecular complexity index is 2240. The summed E-state index contributed by atoms with van der Waals surface area (Å²) in [7, 11) is -0.921. The molecule has 3 saturated heterocycles. The van der Waals surface area contributed by atoms with Crippen LogP contribution in [0, 0.1) is 34.3 Å². The van der Waals surface area contributed by atoms with Gasteiger partial charge in [0.1, 0.15) is 25.2 Å². The molecule has 8 nitrogen and oxygen atoms in total. The molecule has 2 bridgehead atoms. The number of ether oxygens (including phenoxy) is 3. The Balaban J connectivity index is 0.00000528. The van der Waals surface area contributed by atoms with Gasteiger partial charge in [-0.3, -0.25) is 4.90 Å². The number of hydrogen-bond donors (Lipinski definition) is 1. The van der Waals surface area contributed by atoms with Gasteiger partial charge >= 0.3 is 6.01 Å². The van der Waals surface area contributed by atoms with Crippen molar-refractivity contribution in [1.82, 2.24) is 20.2 Å². The fourth-order valence-corrected chi connectivity index (χ4v) is 15.6. The first-order valence-corrected chi connectivity index (χ1v) is 23.5. The monoisotopic (exact) mass is 849 g/mol. The number of aromatic nitrogens is 2. The SMILES string of the molecule is COc1c(F)c(-c2cccc3ccc(F)c(C#C[Si](C(C)C)(C(C)C)C(C)C)c23)c(F)c2nc(OCC3(CN4CCOC[C@H]4C)CC3)nc(N3CC4CCC(C3)N4)c12.Cl. The zero-order valence-electron chi connectivity index (χ0n) is 35.7. The molecule has 13 heteroatoms. The van der Waals surface area contributed by atoms with Gasteiger partial charge in [0, 0.05) is 55.1 Å². The maximum absolute atomic E-state index is 17.7. The van der Waals surface area contributed by atoms with Crippen LogP contribution in [0.4, 0.5) is 19.0 Å². The Kier molecular flexibility index (Phi) is 12.6. The van der Waals surface area contributed by atoms with Gasteiger partial charge in [0.15, 0.2) is 17.4 Å². The number of anilines is 1. The summed E-state index contributed by atoms with van der Waals surface area (Å²) in [5.41, 5.74) is 4.39. The largest absolute Gasteiger partial charge is 0.493 e. The number of morpholine rings is 1. The minimum atomic E-state index is -2.30. The zero-order chi connectivity index (χ0) is 41.1. The van der Waals surface area contributed by atoms with Crippen molar-refractivity contribution in [1.29, 1.82) is 0 Å². The number of hydrogen-bond acceptors (Lipinski definition) is 8. The van der Waals surface area contributed by atoms with Crippen LogP contribution in [-0.2, 0) is 4.74 Å². The second kappa shape index (κ2) is 17.0. The fraction of sp³-hybridized carbons (Fsp3) is 0.565. The number of rotatable bonds is 11. The summed E-state index contributed by atoms with van der Waals surface area (Å²) in [6, 6.07) is 9.04. The lowest BCUT2D eigenvalue weighted by atomic mass is 9.92. The van der Waals surface area contributed by atoms with Crippen LogP contribution in [0.5, 0.6) is 11.8 Å². The molecule has 1 N–H and O–H groups in total. The Morgan fingerprint density at radius 1 is 0.949 bits per heavy atom. The summed E-state index contributed by atoms with van der Waals surface area (Å²) in [5.74, 6) is 1.21. The van der Waals surface area contributed by atoms with E-state index < -0.39 is 25.5 Å². The fourth-order valence-electron chi connectivity index (χ4n) is 10.4. The molecule has 1 aromatic heterocycles. The Morgan fingerprint density at radius 3 is 2.27 bits per heavy atom. The van der Waals surface area contributed by atoms with Crippen LogP contribution in [-0.4, -0.2) is 94.2 Å². The highest BCUT2D eigenvalue weighted by molar-refractivity contribution is 6.90. The lowest BCUT2D eigenvalue weighted by molar-refractivity contribution is -0.0134. The average molecular weight is 851 g/mol. The van der Waals surface area contributed by atoms with Gasteiger partial charge in [-0.1, -0.05) is 71.7 Å². The third-order valence-electron chi connectivity index (χ3n) is 13.7. The molecular formula is C46H59ClF3N5O3Si. The number of nitrogens with one attached hydrogen (secondary N) is 1. The first kappa shape index (κ1) is 43.5. The van der Waals surface area contributed by atoms with E-state index in [1.807, 2.05) is 6.07 Å². The lowest BCUT2D eigenvalue weighted by Crippen LogP contribution is -2.51. The molecule has 59 heavy (non-hydrogen) atoms. The van der Waals surface area contributed by atoms with E-state index in [2.05, 4.69) is 75.0 Å². The van der Waals surface area contributed by atoms with Crippen LogP contribution < -0.4 is 19.7 Å². The maximum Gasteiger partial charge on any atom is 0.319 e. The van der Waals surface area contributed by atoms with Gasteiger partial charge in [0.25, 0.3) is 0 Å². The van der Waals surface area contributed by atoms with E-state index in [0.29, 0.717) is 72.2 Å². The van der Waals surface area contributed by atoms with E-state index in [1.54, 1.807) is 18.2 Å². The molecule has 1 saturated carbocycles. The molecule has 3 aliphatic heterocycles. The van der Waals surface area contributed by atoms with Crippen molar-refractivity contribution in [2.24, 2.45) is 5.41 Å². The second-order valence-electron chi connectivity index (χ2n) is 18.3. The van der Waals surface area contributed by atoms with Crippen molar-refractivity contribution in [3.63, 3.8) is 0 Å². The van der Waals surface area contributed by atoms with Crippen molar-refractivity contribution in [2.45, 2.75) is 109 Å². The molecular weight excluding hydrogens is 791 g/mol. The molecule has 318 valence electrons. The van der Waals surface area contributed by atoms with Crippen molar-refractivity contribution >= 4 is 48.0 Å². The van der Waals surface area contributed by atoms with Gasteiger partial charge < -0.3 is 24.4 Å². The Hall–Kier alpha value is -3.60. The summed E-state index contributed by atoms with van der Waals surface area (Å²) in [5, 5.41) is 4.78. The van der Waals surface area contributed by atoms with Crippen molar-refractivity contribution in [2.75, 3.05) is 58.0 Å². The van der Waals surface area contributed by atoms with Crippen LogP contribution in [0.2, 0.25) is 16.6 Å². The number of halogens is 4. The van der Waals surface area contributed by atoms with Crippen molar-refractivity contribution < 1.29 is 27.4 Å². The van der Waals surface area contributed by atoms with Crippen LogP contribution in [0.3, 0.4) is 0 Å². The van der Waals surface area contributed by atoms with E-state index >= 15 is 13.2 Å². The van der Waals surface area contributed by atoms with Crippen LogP contribution >= 0.6 is 12.4 Å². The molecule has 2 unspecified atom stereocenters. The molecule has 3 atom stereocenters. The predicted octanol–water partition coefficient (Wildman–Crippen LogP) is 9.69. The molecule has 4 heterocycles. The van der Waals surface area contributed by atoms with Crippen molar-refractivity contribution in [3.05, 3.63) is 53.3 Å². The van der Waals surface area contributed by atoms with Crippen LogP contribution in [0.1, 0.15) is 79.7 Å². The van der Waals surface area contributed by atoms with Gasteiger partial charge in [-0.25, -0.2) is 13.2 Å². The minimum absolute atomic E-state index is 0. The smallest absolute Gasteiger partial charge is 0.319 e. The number of nitrogens with zero attached hydrogens (tertiary/aromatic N) is 4. The summed E-state index contributed by atoms with van der Waals surface area (Å²) in [4.78, 5) is 14.2. The first-order chi connectivity index (χ1) is 27.8. The molecule has 0 radical (unpaired) electrons. The summed E-state index contributed by atoms with van der Waals surface area (Å²) < 4.78 is 69.2. The molecule has 4 aromatic rings. The zero-order valence-corrected chi connectivity index (χ0v) is 37.5. The van der Waals surface area contributed by atoms with Crippen LogP contribution in [0.15, 0.2) is 30.3 Å². The highest BCUT2D eigenvalue weighted by Gasteiger charge is 2.46. The molecule has 0 amide bonds. The summed E-state index contributed by atoms with van der Waals surface area (Å²) >= 11 is 0. The standard InChI is InChI=1S/C46H58F3N5O3Si.ClH/c1-27(2)58(28(3)4,29(5)6)21-16-34-36(47)15-12-31-10-9-11-35(37(31)34)38-40(48)42-39(43(55-8)41(38)49)44(54-22-32-13-14-33(23-54)50-32)52-45(51-42)57-26-46(17-18-46)25-53-19-20-56-24-30(53)7;/h9-12,15,27-30,32-33,50H,13-14,17-20,22-26H2,1-8H3;1H/t30-,32?,33?;/m1./s1. The predicted molar refractivity (Wildman–Crippen MR) is 235 cm³/mol. The van der Waals surface area contributed by atoms with E-state index in [1.165, 1.54) is 13.2 Å². The highest BCUT2D eigenvalue weighted by Crippen LogP contribution is 2.49. The molecule has 0 spiro atoms. The van der Waals surface area contributed by atoms with Gasteiger partial charge in [0.05, 0.1) is 43.4 Å². The van der Waals surface area contributed by atoms with Crippen molar-refractivity contribution in [3.8, 4) is 34.4 Å². The maximum atomic E-state index is 17.7. The second-order valence-corrected chi connectivity index (χ2v) is 23.9. The van der Waals surface area contributed by atoms with E-state index in [4.69, 9.17) is 24.2 Å².